The SMILES string of the molecule is CC(C)(C)c1ccc(-c2ccc3c(c2)B2c4cc(C(C)(C)C)ccc4N(c4ccc(C(C)(C)C)cc4)c4cc(N5c6ccccc6[Si](c6ccccc6)(c6ccc(CC(C)(C)c7ccc(-c8ccc9c(c8)B8c%10cc(C(C)(C)C)ccc%10N(c%10ccc(C(C)(C)C)cc%10)c%10cc(N%11c%12ccccc%12C(C)(C)C%11(C)C)cc(c%108)N9c8ccc(C(C)(C)C)cc8)cc7)cc6)c6ccccc65)cc(c42)N3c2ccc(C(C)(C)C)cc2)cc1. The van der Waals surface area contributed by atoms with Gasteiger partial charge in [-0.3, -0.25) is 0 Å². The summed E-state index contributed by atoms with van der Waals surface area (Å²) in [5.41, 5.74) is 44.6. The van der Waals surface area contributed by atoms with E-state index in [0.29, 0.717) is 0 Å². The minimum absolute atomic E-state index is 0.0190. The Balaban J connectivity index is 0.640. The number of nitrogens with zero attached hydrogens (tertiary/aromatic N) is 6. The third-order valence-corrected chi connectivity index (χ3v) is 39.5. The normalized spacial score (nSPS) is 15.3. The lowest BCUT2D eigenvalue weighted by Crippen LogP contribution is -2.77. The van der Waals surface area contributed by atoms with Crippen molar-refractivity contribution in [3.63, 3.8) is 0 Å². The predicted octanol–water partition coefficient (Wildman–Crippen LogP) is 31.2. The van der Waals surface area contributed by atoms with Crippen LogP contribution < -0.4 is 82.9 Å². The molecule has 6 nitrogen and oxygen atoms in total. The van der Waals surface area contributed by atoms with Crippen molar-refractivity contribution in [3.8, 4) is 22.3 Å². The smallest absolute Gasteiger partial charge is 0.252 e. The molecular weight excluding hydrogens is 1820 g/mol. The van der Waals surface area contributed by atoms with Crippen molar-refractivity contribution in [2.24, 2.45) is 0 Å². The van der Waals surface area contributed by atoms with Crippen molar-refractivity contribution in [1.29, 1.82) is 0 Å². The summed E-state index contributed by atoms with van der Waals surface area (Å²) in [6, 6.07) is 147. The Morgan fingerprint density at radius 1 is 0.221 bits per heavy atom. The zero-order valence-corrected chi connectivity index (χ0v) is 93.8. The van der Waals surface area contributed by atoms with Gasteiger partial charge in [0, 0.05) is 102 Å². The highest BCUT2D eigenvalue weighted by atomic mass is 28.3. The molecule has 0 saturated heterocycles. The molecule has 0 atom stereocenters. The number of hydrogen-bond donors (Lipinski definition) is 0. The second kappa shape index (κ2) is 34.7. The summed E-state index contributed by atoms with van der Waals surface area (Å²) in [6.45, 7) is 63.4. The third-order valence-electron chi connectivity index (χ3n) is 34.6. The molecule has 23 rings (SSSR count). The predicted molar refractivity (Wildman–Crippen MR) is 647 cm³/mol. The maximum Gasteiger partial charge on any atom is 0.252 e. The quantitative estimate of drug-likeness (QED) is 0.106. The van der Waals surface area contributed by atoms with Crippen LogP contribution in [0.3, 0.4) is 0 Å². The second-order valence-electron chi connectivity index (χ2n) is 52.5. The molecular formula is C140H144B2N6Si. The molecule has 0 radical (unpaired) electrons. The first-order valence-corrected chi connectivity index (χ1v) is 56.4. The highest BCUT2D eigenvalue weighted by molar-refractivity contribution is 7.21. The summed E-state index contributed by atoms with van der Waals surface area (Å²) in [5, 5.41) is 5.41. The molecule has 0 fully saturated rings. The Morgan fingerprint density at radius 2 is 0.503 bits per heavy atom. The van der Waals surface area contributed by atoms with Gasteiger partial charge in [0.1, 0.15) is 0 Å². The van der Waals surface area contributed by atoms with E-state index in [0.717, 1.165) is 34.9 Å². The van der Waals surface area contributed by atoms with Crippen LogP contribution in [0.2, 0.25) is 0 Å². The molecule has 0 aromatic heterocycles. The van der Waals surface area contributed by atoms with Gasteiger partial charge in [-0.2, -0.15) is 0 Å². The number of para-hydroxylation sites is 3. The Labute approximate surface area is 890 Å². The summed E-state index contributed by atoms with van der Waals surface area (Å²) in [4.78, 5) is 15.8. The fourth-order valence-corrected chi connectivity index (χ4v) is 30.5. The molecule has 0 unspecified atom stereocenters. The van der Waals surface area contributed by atoms with Crippen molar-refractivity contribution in [2.75, 3.05) is 29.4 Å². The number of rotatable bonds is 13. The van der Waals surface area contributed by atoms with Gasteiger partial charge in [-0.15, -0.1) is 0 Å². The molecule has 0 spiro atoms. The Morgan fingerprint density at radius 3 is 0.866 bits per heavy atom. The molecule has 0 amide bonds. The maximum atomic E-state index is 2.67. The molecule has 744 valence electrons. The zero-order valence-electron chi connectivity index (χ0n) is 92.8. The Hall–Kier alpha value is -14.1. The van der Waals surface area contributed by atoms with Gasteiger partial charge in [-0.1, -0.05) is 428 Å². The molecule has 6 aliphatic heterocycles. The van der Waals surface area contributed by atoms with Crippen LogP contribution in [-0.4, -0.2) is 27.0 Å². The second-order valence-corrected chi connectivity index (χ2v) is 56.2. The highest BCUT2D eigenvalue weighted by Crippen LogP contribution is 2.59. The van der Waals surface area contributed by atoms with Gasteiger partial charge in [0.05, 0.1) is 5.69 Å². The summed E-state index contributed by atoms with van der Waals surface area (Å²) in [6.07, 6.45) is 0.841. The highest BCUT2D eigenvalue weighted by Gasteiger charge is 2.55. The van der Waals surface area contributed by atoms with Gasteiger partial charge in [0.15, 0.2) is 8.07 Å². The first kappa shape index (κ1) is 98.2. The molecule has 17 aromatic rings. The maximum absolute atomic E-state index is 3.23. The molecule has 6 aliphatic rings. The van der Waals surface area contributed by atoms with Gasteiger partial charge in [-0.25, -0.2) is 0 Å². The van der Waals surface area contributed by atoms with Crippen LogP contribution in [0.1, 0.15) is 243 Å². The lowest BCUT2D eigenvalue weighted by molar-refractivity contribution is 0.330. The van der Waals surface area contributed by atoms with Crippen molar-refractivity contribution < 1.29 is 0 Å². The number of hydrogen-bond acceptors (Lipinski definition) is 6. The molecule has 0 aliphatic carbocycles. The van der Waals surface area contributed by atoms with Crippen LogP contribution in [0.5, 0.6) is 0 Å². The first-order chi connectivity index (χ1) is 70.5. The summed E-state index contributed by atoms with van der Waals surface area (Å²) in [7, 11) is -3.23. The van der Waals surface area contributed by atoms with Crippen molar-refractivity contribution in [1.82, 2.24) is 0 Å². The largest absolute Gasteiger partial charge is 0.335 e. The van der Waals surface area contributed by atoms with E-state index in [1.54, 1.807) is 0 Å². The number of fused-ring (bicyclic) bond motifs is 11. The van der Waals surface area contributed by atoms with Crippen LogP contribution >= 0.6 is 0 Å². The fraction of sp³-hybridized carbons (Fsp3) is 0.271. The summed E-state index contributed by atoms with van der Waals surface area (Å²) < 4.78 is 0. The number of anilines is 17. The van der Waals surface area contributed by atoms with E-state index in [1.807, 2.05) is 0 Å². The van der Waals surface area contributed by atoms with Crippen molar-refractivity contribution in [2.45, 2.75) is 248 Å². The standard InChI is InChI=1S/C140H144B2N6Si/c1-131(2,3)95-53-47-91(48-54-95)93-51-77-117-112(81-93)141-114-83-101(136(16,17)18)65-79-119(114)145(105-71-61-98(62-72-105)134(10,11)12)124-86-107(85-123(129(124)141)143(117)103-67-57-96(58-68-103)132(4,5)6)147-121-41-33-35-43-127(121)149(109-37-29-28-30-38-109,128-44-36-34-42-122(128)147)110-75-45-90(46-76-110)89-138(22,23)100-55-49-92(50-56-100)94-52-78-118-113(82-94)142-115-84-102(137(19,20)21)66-80-120(115)146(106-73-63-99(64-74-106)135(13,14)15)126-88-108(148-116-40-32-31-39-111(116)139(24,25)140(148,26)27)87-125(130(126)142)144(118)104-69-59-97(60-70-104)133(7,8)9/h28-88H,89H2,1-27H3. The minimum atomic E-state index is -3.23. The molecule has 0 bridgehead atoms. The molecule has 149 heavy (non-hydrogen) atoms. The molecule has 6 heterocycles. The lowest BCUT2D eigenvalue weighted by atomic mass is 9.33. The molecule has 0 saturated carbocycles. The molecule has 17 aromatic carbocycles. The summed E-state index contributed by atoms with van der Waals surface area (Å²) >= 11 is 0. The van der Waals surface area contributed by atoms with Gasteiger partial charge < -0.3 is 29.4 Å². The van der Waals surface area contributed by atoms with Crippen LogP contribution in [0.25, 0.3) is 22.3 Å². The first-order valence-electron chi connectivity index (χ1n) is 54.4. The van der Waals surface area contributed by atoms with Crippen LogP contribution in [0.15, 0.2) is 370 Å². The van der Waals surface area contributed by atoms with E-state index in [2.05, 4.69) is 586 Å². The van der Waals surface area contributed by atoms with E-state index in [9.17, 15) is 0 Å². The van der Waals surface area contributed by atoms with Crippen LogP contribution in [0, 0.1) is 0 Å². The molecule has 9 heteroatoms. The minimum Gasteiger partial charge on any atom is -0.335 e. The van der Waals surface area contributed by atoms with E-state index < -0.39 is 8.07 Å². The van der Waals surface area contributed by atoms with Gasteiger partial charge in [-0.05, 0) is 310 Å². The van der Waals surface area contributed by atoms with Crippen LogP contribution in [-0.2, 0) is 55.2 Å². The van der Waals surface area contributed by atoms with Crippen molar-refractivity contribution >= 4 is 172 Å². The number of benzene rings is 17. The average molecular weight is 1960 g/mol. The lowest BCUT2D eigenvalue weighted by Gasteiger charge is -2.47. The van der Waals surface area contributed by atoms with Crippen LogP contribution in [0.4, 0.5) is 96.7 Å². The van der Waals surface area contributed by atoms with Gasteiger partial charge >= 0.3 is 0 Å². The van der Waals surface area contributed by atoms with E-state index in [-0.39, 0.29) is 67.7 Å². The van der Waals surface area contributed by atoms with Gasteiger partial charge in [0.25, 0.3) is 13.4 Å². The monoisotopic (exact) mass is 1960 g/mol. The fourth-order valence-electron chi connectivity index (χ4n) is 25.4. The topological polar surface area (TPSA) is 19.4 Å². The van der Waals surface area contributed by atoms with E-state index in [1.165, 1.54) is 200 Å². The third kappa shape index (κ3) is 16.2. The summed E-state index contributed by atoms with van der Waals surface area (Å²) in [5.74, 6) is 0. The Bertz CT molecular complexity index is 8060. The van der Waals surface area contributed by atoms with Crippen molar-refractivity contribution in [3.05, 3.63) is 426 Å². The van der Waals surface area contributed by atoms with Gasteiger partial charge in [0.2, 0.25) is 0 Å². The zero-order chi connectivity index (χ0) is 105. The average Bonchev–Trinajstić information content (AvgIpc) is 1.58. The Kier molecular flexibility index (Phi) is 22.9. The van der Waals surface area contributed by atoms with E-state index in [4.69, 9.17) is 0 Å². The molecule has 0 N–H and O–H groups in total. The van der Waals surface area contributed by atoms with E-state index >= 15 is 0 Å².